The highest BCUT2D eigenvalue weighted by molar-refractivity contribution is 7.71. The first-order valence-electron chi connectivity index (χ1n) is 9.45. The van der Waals surface area contributed by atoms with Crippen LogP contribution in [0.4, 0.5) is 9.18 Å². The molecule has 6 nitrogen and oxygen atoms in total. The van der Waals surface area contributed by atoms with Crippen molar-refractivity contribution in [1.29, 1.82) is 0 Å². The highest BCUT2D eigenvalue weighted by Gasteiger charge is 2.59. The van der Waals surface area contributed by atoms with Crippen molar-refractivity contribution in [2.75, 3.05) is 0 Å². The van der Waals surface area contributed by atoms with Crippen LogP contribution in [0.2, 0.25) is 5.02 Å². The Kier molecular flexibility index (Phi) is 5.48. The molecule has 2 atom stereocenters. The van der Waals surface area contributed by atoms with Gasteiger partial charge in [-0.15, -0.1) is 0 Å². The van der Waals surface area contributed by atoms with Crippen LogP contribution in [0.15, 0.2) is 54.9 Å². The zero-order valence-electron chi connectivity index (χ0n) is 16.4. The molecule has 4 rings (SSSR count). The summed E-state index contributed by atoms with van der Waals surface area (Å²) in [5.41, 5.74) is 0.772. The molecule has 0 aliphatic carbocycles. The predicted molar refractivity (Wildman–Crippen MR) is 113 cm³/mol. The van der Waals surface area contributed by atoms with Gasteiger partial charge in [0, 0.05) is 16.6 Å². The van der Waals surface area contributed by atoms with Gasteiger partial charge in [-0.3, -0.25) is 0 Å². The second-order valence-electron chi connectivity index (χ2n) is 7.46. The zero-order valence-corrected chi connectivity index (χ0v) is 18.0. The average molecular weight is 447 g/mol. The number of halogens is 2. The molecule has 1 N–H and O–H groups in total. The van der Waals surface area contributed by atoms with Gasteiger partial charge in [-0.1, -0.05) is 41.9 Å². The lowest BCUT2D eigenvalue weighted by Crippen LogP contribution is -2.34. The van der Waals surface area contributed by atoms with Gasteiger partial charge in [-0.05, 0) is 49.8 Å². The van der Waals surface area contributed by atoms with Gasteiger partial charge in [0.05, 0.1) is 6.54 Å². The molecule has 0 saturated carbocycles. The number of epoxide rings is 1. The second-order valence-corrected chi connectivity index (χ2v) is 8.23. The molecular weight excluding hydrogens is 427 g/mol. The number of ether oxygens (including phenoxy) is 1. The Hall–Kier alpha value is -2.55. The van der Waals surface area contributed by atoms with E-state index in [0.717, 1.165) is 11.1 Å². The first-order chi connectivity index (χ1) is 14.3. The smallest absolute Gasteiger partial charge is 0.329 e. The molecule has 30 heavy (non-hydrogen) atoms. The van der Waals surface area contributed by atoms with Gasteiger partial charge in [0.15, 0.2) is 0 Å². The first kappa shape index (κ1) is 20.7. The minimum Gasteiger partial charge on any atom is -0.354 e. The van der Waals surface area contributed by atoms with Crippen LogP contribution in [0.25, 0.3) is 0 Å². The van der Waals surface area contributed by atoms with Gasteiger partial charge in [-0.2, -0.15) is 5.10 Å². The maximum atomic E-state index is 13.5. The molecular formula is C21H20ClFN4O2S. The minimum absolute atomic E-state index is 0.0373. The predicted octanol–water partition coefficient (Wildman–Crippen LogP) is 4.84. The maximum absolute atomic E-state index is 13.5. The van der Waals surface area contributed by atoms with Gasteiger partial charge < -0.3 is 10.1 Å². The topological polar surface area (TPSA) is 64.4 Å². The number of aromatic nitrogens is 3. The van der Waals surface area contributed by atoms with Crippen molar-refractivity contribution in [2.24, 2.45) is 0 Å². The molecule has 1 aliphatic rings. The van der Waals surface area contributed by atoms with E-state index in [1.54, 1.807) is 18.2 Å². The minimum atomic E-state index is -0.829. The number of nitrogens with zero attached hydrogens (tertiary/aromatic N) is 3. The SMILES string of the molecule is CC(C)NC(=O)n1cnn(CC2(c3ccc(F)cc3)OC2c2ccccc2Cl)c1=S. The third-order valence-electron chi connectivity index (χ3n) is 4.96. The van der Waals surface area contributed by atoms with Crippen molar-refractivity contribution in [2.45, 2.75) is 38.1 Å². The Morgan fingerprint density at radius 1 is 1.30 bits per heavy atom. The van der Waals surface area contributed by atoms with E-state index in [-0.39, 0.29) is 35.3 Å². The number of hydrogen-bond donors (Lipinski definition) is 1. The Bertz CT molecular complexity index is 1140. The first-order valence-corrected chi connectivity index (χ1v) is 10.2. The van der Waals surface area contributed by atoms with E-state index in [9.17, 15) is 9.18 Å². The van der Waals surface area contributed by atoms with Crippen molar-refractivity contribution in [3.05, 3.63) is 81.6 Å². The lowest BCUT2D eigenvalue weighted by Gasteiger charge is -2.15. The largest absolute Gasteiger partial charge is 0.354 e. The van der Waals surface area contributed by atoms with Crippen LogP contribution in [0.5, 0.6) is 0 Å². The molecule has 2 unspecified atom stereocenters. The molecule has 1 amide bonds. The number of nitrogens with one attached hydrogen (secondary N) is 1. The van der Waals surface area contributed by atoms with E-state index in [1.165, 1.54) is 27.7 Å². The van der Waals surface area contributed by atoms with Crippen LogP contribution in [-0.4, -0.2) is 26.4 Å². The fourth-order valence-electron chi connectivity index (χ4n) is 3.47. The number of hydrogen-bond acceptors (Lipinski definition) is 4. The van der Waals surface area contributed by atoms with Gasteiger partial charge >= 0.3 is 6.03 Å². The summed E-state index contributed by atoms with van der Waals surface area (Å²) in [4.78, 5) is 12.3. The van der Waals surface area contributed by atoms with Crippen molar-refractivity contribution in [1.82, 2.24) is 19.7 Å². The van der Waals surface area contributed by atoms with Crippen molar-refractivity contribution in [3.8, 4) is 0 Å². The van der Waals surface area contributed by atoms with Gasteiger partial charge in [0.25, 0.3) is 0 Å². The summed E-state index contributed by atoms with van der Waals surface area (Å²) in [5, 5.41) is 7.66. The molecule has 0 spiro atoms. The number of benzene rings is 2. The third-order valence-corrected chi connectivity index (χ3v) is 5.72. The molecule has 2 heterocycles. The Labute approximate surface area is 183 Å². The van der Waals surface area contributed by atoms with Crippen molar-refractivity contribution in [3.63, 3.8) is 0 Å². The summed E-state index contributed by atoms with van der Waals surface area (Å²) in [6, 6.07) is 13.2. The summed E-state index contributed by atoms with van der Waals surface area (Å²) >= 11 is 11.9. The number of carbonyl (C=O) groups excluding carboxylic acids is 1. The Morgan fingerprint density at radius 3 is 2.67 bits per heavy atom. The number of carbonyl (C=O) groups is 1. The summed E-state index contributed by atoms with van der Waals surface area (Å²) in [7, 11) is 0. The molecule has 2 aromatic carbocycles. The molecule has 9 heteroatoms. The Balaban J connectivity index is 1.70. The fourth-order valence-corrected chi connectivity index (χ4v) is 3.94. The molecule has 0 radical (unpaired) electrons. The van der Waals surface area contributed by atoms with E-state index in [1.807, 2.05) is 32.0 Å². The van der Waals surface area contributed by atoms with E-state index >= 15 is 0 Å². The van der Waals surface area contributed by atoms with Crippen LogP contribution in [-0.2, 0) is 16.9 Å². The molecule has 0 bridgehead atoms. The van der Waals surface area contributed by atoms with Crippen LogP contribution in [0.3, 0.4) is 0 Å². The van der Waals surface area contributed by atoms with E-state index in [4.69, 9.17) is 28.6 Å². The maximum Gasteiger partial charge on any atom is 0.329 e. The van der Waals surface area contributed by atoms with E-state index < -0.39 is 5.60 Å². The van der Waals surface area contributed by atoms with Crippen LogP contribution < -0.4 is 5.32 Å². The highest BCUT2D eigenvalue weighted by atomic mass is 35.5. The van der Waals surface area contributed by atoms with E-state index in [2.05, 4.69) is 10.4 Å². The summed E-state index contributed by atoms with van der Waals surface area (Å²) in [5.74, 6) is -0.338. The average Bonchev–Trinajstić information content (AvgIpc) is 3.30. The van der Waals surface area contributed by atoms with Crippen LogP contribution >= 0.6 is 23.8 Å². The summed E-state index contributed by atoms with van der Waals surface area (Å²) in [6.07, 6.45) is 1.03. The molecule has 1 fully saturated rings. The zero-order chi connectivity index (χ0) is 21.5. The number of rotatable bonds is 5. The van der Waals surface area contributed by atoms with Crippen LogP contribution in [0, 0.1) is 10.6 Å². The quantitative estimate of drug-likeness (QED) is 0.450. The molecule has 3 aromatic rings. The van der Waals surface area contributed by atoms with Gasteiger partial charge in [-0.25, -0.2) is 18.4 Å². The Morgan fingerprint density at radius 2 is 2.00 bits per heavy atom. The molecule has 1 saturated heterocycles. The summed E-state index contributed by atoms with van der Waals surface area (Å²) < 4.78 is 22.7. The normalized spacial score (nSPS) is 20.4. The second kappa shape index (κ2) is 7.94. The highest BCUT2D eigenvalue weighted by Crippen LogP contribution is 2.59. The molecule has 1 aromatic heterocycles. The molecule has 1 aliphatic heterocycles. The standard InChI is InChI=1S/C21H20ClFN4O2S/c1-13(2)25-19(28)26-12-24-27(20(26)30)11-21(14-7-9-15(23)10-8-14)18(29-21)16-5-3-4-6-17(16)22/h3-10,12-13,18H,11H2,1-2H3,(H,25,28). The van der Waals surface area contributed by atoms with Gasteiger partial charge in [0.1, 0.15) is 23.8 Å². The lowest BCUT2D eigenvalue weighted by molar-refractivity contribution is 0.238. The summed E-state index contributed by atoms with van der Waals surface area (Å²) in [6.45, 7) is 3.97. The number of amides is 1. The fraction of sp³-hybridized carbons (Fsp3) is 0.286. The third kappa shape index (κ3) is 3.78. The monoisotopic (exact) mass is 446 g/mol. The van der Waals surface area contributed by atoms with Crippen LogP contribution in [0.1, 0.15) is 31.1 Å². The van der Waals surface area contributed by atoms with Crippen molar-refractivity contribution >= 4 is 29.8 Å². The molecule has 156 valence electrons. The lowest BCUT2D eigenvalue weighted by atomic mass is 9.91. The van der Waals surface area contributed by atoms with Crippen molar-refractivity contribution < 1.29 is 13.9 Å². The van der Waals surface area contributed by atoms with Gasteiger partial charge in [0.2, 0.25) is 4.77 Å². The van der Waals surface area contributed by atoms with E-state index in [0.29, 0.717) is 5.02 Å².